The topological polar surface area (TPSA) is 29.1 Å². The van der Waals surface area contributed by atoms with Crippen LogP contribution in [-0.2, 0) is 0 Å². The number of amides is 1. The third-order valence-electron chi connectivity index (χ3n) is 2.37. The molecule has 0 saturated carbocycles. The van der Waals surface area contributed by atoms with Gasteiger partial charge < -0.3 is 5.32 Å². The van der Waals surface area contributed by atoms with Gasteiger partial charge in [-0.1, -0.05) is 46.4 Å². The lowest BCUT2D eigenvalue weighted by molar-refractivity contribution is 0.102. The largest absolute Gasteiger partial charge is 0.322 e. The molecule has 98 valence electrons. The number of benzene rings is 2. The van der Waals surface area contributed by atoms with Crippen molar-refractivity contribution in [3.8, 4) is 0 Å². The van der Waals surface area contributed by atoms with E-state index in [1.54, 1.807) is 24.3 Å². The van der Waals surface area contributed by atoms with Crippen LogP contribution in [0.1, 0.15) is 10.4 Å². The third kappa shape index (κ3) is 3.34. The third-order valence-corrected chi connectivity index (χ3v) is 3.74. The van der Waals surface area contributed by atoms with Crippen LogP contribution in [0.15, 0.2) is 36.4 Å². The van der Waals surface area contributed by atoms with Crippen molar-refractivity contribution >= 4 is 58.0 Å². The van der Waals surface area contributed by atoms with Crippen LogP contribution < -0.4 is 5.32 Å². The van der Waals surface area contributed by atoms with E-state index in [0.29, 0.717) is 10.7 Å². The van der Waals surface area contributed by atoms with Gasteiger partial charge in [-0.15, -0.1) is 0 Å². The molecule has 0 spiro atoms. The normalized spacial score (nSPS) is 10.3. The SMILES string of the molecule is O=C(Nc1ccc(Cl)cc1)c1c(Cl)ccc(Cl)c1Cl. The lowest BCUT2D eigenvalue weighted by Crippen LogP contribution is -2.13. The van der Waals surface area contributed by atoms with Crippen LogP contribution in [0.3, 0.4) is 0 Å². The standard InChI is InChI=1S/C13H7Cl4NO/c14-7-1-3-8(4-2-7)18-13(19)11-9(15)5-6-10(16)12(11)17/h1-6H,(H,18,19). The van der Waals surface area contributed by atoms with Crippen LogP contribution >= 0.6 is 46.4 Å². The van der Waals surface area contributed by atoms with E-state index in [9.17, 15) is 4.79 Å². The highest BCUT2D eigenvalue weighted by atomic mass is 35.5. The van der Waals surface area contributed by atoms with Crippen molar-refractivity contribution in [2.75, 3.05) is 5.32 Å². The zero-order valence-corrected chi connectivity index (χ0v) is 12.4. The van der Waals surface area contributed by atoms with E-state index < -0.39 is 5.91 Å². The number of hydrogen-bond donors (Lipinski definition) is 1. The molecule has 1 amide bonds. The van der Waals surface area contributed by atoms with Crippen LogP contribution in [-0.4, -0.2) is 5.91 Å². The number of anilines is 1. The first-order valence-electron chi connectivity index (χ1n) is 5.19. The van der Waals surface area contributed by atoms with Crippen LogP contribution in [0.25, 0.3) is 0 Å². The molecule has 2 aromatic rings. The van der Waals surface area contributed by atoms with Gasteiger partial charge in [-0.3, -0.25) is 4.79 Å². The lowest BCUT2D eigenvalue weighted by atomic mass is 10.2. The predicted octanol–water partition coefficient (Wildman–Crippen LogP) is 5.55. The molecule has 1 N–H and O–H groups in total. The Kier molecular flexibility index (Phi) is 4.58. The molecule has 2 nitrogen and oxygen atoms in total. The van der Waals surface area contributed by atoms with Crippen LogP contribution in [0.2, 0.25) is 20.1 Å². The Hall–Kier alpha value is -0.930. The number of hydrogen-bond acceptors (Lipinski definition) is 1. The average Bonchev–Trinajstić information content (AvgIpc) is 2.37. The summed E-state index contributed by atoms with van der Waals surface area (Å²) in [5.74, 6) is -0.431. The van der Waals surface area contributed by atoms with Crippen molar-refractivity contribution in [3.05, 3.63) is 62.1 Å². The predicted molar refractivity (Wildman–Crippen MR) is 80.9 cm³/mol. The second-order valence-electron chi connectivity index (χ2n) is 3.68. The number of rotatable bonds is 2. The van der Waals surface area contributed by atoms with Gasteiger partial charge in [0.1, 0.15) is 0 Å². The molecule has 0 aliphatic carbocycles. The Balaban J connectivity index is 2.30. The minimum atomic E-state index is -0.431. The molecule has 0 aromatic heterocycles. The van der Waals surface area contributed by atoms with Crippen LogP contribution in [0.5, 0.6) is 0 Å². The lowest BCUT2D eigenvalue weighted by Gasteiger charge is -2.09. The van der Waals surface area contributed by atoms with Gasteiger partial charge in [-0.2, -0.15) is 0 Å². The van der Waals surface area contributed by atoms with Crippen molar-refractivity contribution in [2.45, 2.75) is 0 Å². The minimum absolute atomic E-state index is 0.126. The van der Waals surface area contributed by atoms with Gasteiger partial charge in [0.25, 0.3) is 5.91 Å². The fourth-order valence-corrected chi connectivity index (χ4v) is 2.29. The molecule has 0 atom stereocenters. The minimum Gasteiger partial charge on any atom is -0.322 e. The maximum atomic E-state index is 12.1. The van der Waals surface area contributed by atoms with Gasteiger partial charge in [0.2, 0.25) is 0 Å². The van der Waals surface area contributed by atoms with E-state index in [1.807, 2.05) is 0 Å². The molecule has 0 aliphatic rings. The molecule has 0 aliphatic heterocycles. The second kappa shape index (κ2) is 6.02. The summed E-state index contributed by atoms with van der Waals surface area (Å²) >= 11 is 23.6. The smallest absolute Gasteiger partial charge is 0.258 e. The number of carbonyl (C=O) groups is 1. The zero-order valence-electron chi connectivity index (χ0n) is 9.38. The van der Waals surface area contributed by atoms with Gasteiger partial charge in [0.15, 0.2) is 0 Å². The van der Waals surface area contributed by atoms with E-state index in [2.05, 4.69) is 5.32 Å². The molecule has 2 rings (SSSR count). The summed E-state index contributed by atoms with van der Waals surface area (Å²) in [4.78, 5) is 12.1. The summed E-state index contributed by atoms with van der Waals surface area (Å²) in [6, 6.07) is 9.73. The molecule has 6 heteroatoms. The molecule has 0 fully saturated rings. The second-order valence-corrected chi connectivity index (χ2v) is 5.31. The fraction of sp³-hybridized carbons (Fsp3) is 0. The van der Waals surface area contributed by atoms with E-state index >= 15 is 0 Å². The Labute approximate surface area is 130 Å². The first-order chi connectivity index (χ1) is 8.99. The van der Waals surface area contributed by atoms with E-state index in [-0.39, 0.29) is 20.6 Å². The van der Waals surface area contributed by atoms with Gasteiger partial charge in [0, 0.05) is 10.7 Å². The van der Waals surface area contributed by atoms with Crippen LogP contribution in [0.4, 0.5) is 5.69 Å². The summed E-state index contributed by atoms with van der Waals surface area (Å²) in [7, 11) is 0. The molecule has 19 heavy (non-hydrogen) atoms. The first-order valence-corrected chi connectivity index (χ1v) is 6.70. The Morgan fingerprint density at radius 2 is 1.42 bits per heavy atom. The molecule has 2 aromatic carbocycles. The van der Waals surface area contributed by atoms with Crippen molar-refractivity contribution in [2.24, 2.45) is 0 Å². The Bertz CT molecular complexity index is 625. The molecular formula is C13H7Cl4NO. The zero-order chi connectivity index (χ0) is 14.0. The summed E-state index contributed by atoms with van der Waals surface area (Å²) in [6.07, 6.45) is 0. The quantitative estimate of drug-likeness (QED) is 0.716. The average molecular weight is 335 g/mol. The Morgan fingerprint density at radius 1 is 0.842 bits per heavy atom. The van der Waals surface area contributed by atoms with Gasteiger partial charge in [0.05, 0.1) is 20.6 Å². The van der Waals surface area contributed by atoms with Crippen molar-refractivity contribution in [1.29, 1.82) is 0 Å². The number of carbonyl (C=O) groups excluding carboxylic acids is 1. The van der Waals surface area contributed by atoms with Gasteiger partial charge in [-0.05, 0) is 36.4 Å². The van der Waals surface area contributed by atoms with Gasteiger partial charge >= 0.3 is 0 Å². The highest BCUT2D eigenvalue weighted by Crippen LogP contribution is 2.32. The van der Waals surface area contributed by atoms with Gasteiger partial charge in [-0.25, -0.2) is 0 Å². The molecule has 0 bridgehead atoms. The summed E-state index contributed by atoms with van der Waals surface area (Å²) in [5, 5.41) is 3.88. The summed E-state index contributed by atoms with van der Waals surface area (Å²) in [5.41, 5.74) is 0.729. The summed E-state index contributed by atoms with van der Waals surface area (Å²) in [6.45, 7) is 0. The maximum absolute atomic E-state index is 12.1. The number of halogens is 4. The van der Waals surface area contributed by atoms with E-state index in [0.717, 1.165) is 0 Å². The molecular weight excluding hydrogens is 328 g/mol. The molecule has 0 heterocycles. The van der Waals surface area contributed by atoms with E-state index in [1.165, 1.54) is 12.1 Å². The molecule has 0 radical (unpaired) electrons. The number of nitrogens with one attached hydrogen (secondary N) is 1. The maximum Gasteiger partial charge on any atom is 0.258 e. The summed E-state index contributed by atoms with van der Waals surface area (Å²) < 4.78 is 0. The monoisotopic (exact) mass is 333 g/mol. The highest BCUT2D eigenvalue weighted by molar-refractivity contribution is 6.46. The van der Waals surface area contributed by atoms with Crippen molar-refractivity contribution < 1.29 is 4.79 Å². The Morgan fingerprint density at radius 3 is 2.05 bits per heavy atom. The fourth-order valence-electron chi connectivity index (χ4n) is 1.46. The molecule has 0 saturated heterocycles. The molecule has 0 unspecified atom stereocenters. The highest BCUT2D eigenvalue weighted by Gasteiger charge is 2.17. The van der Waals surface area contributed by atoms with Crippen LogP contribution in [0, 0.1) is 0 Å². The van der Waals surface area contributed by atoms with Crippen molar-refractivity contribution in [1.82, 2.24) is 0 Å². The van der Waals surface area contributed by atoms with Crippen molar-refractivity contribution in [3.63, 3.8) is 0 Å². The first kappa shape index (κ1) is 14.5. The van der Waals surface area contributed by atoms with E-state index in [4.69, 9.17) is 46.4 Å².